The van der Waals surface area contributed by atoms with Gasteiger partial charge in [-0.05, 0) is 42.5 Å². The topological polar surface area (TPSA) is 75.0 Å². The van der Waals surface area contributed by atoms with Crippen molar-refractivity contribution in [3.63, 3.8) is 0 Å². The van der Waals surface area contributed by atoms with E-state index in [-0.39, 0.29) is 13.2 Å². The Labute approximate surface area is 157 Å². The van der Waals surface area contributed by atoms with Crippen LogP contribution in [-0.2, 0) is 16.1 Å². The van der Waals surface area contributed by atoms with E-state index in [1.165, 1.54) is 6.07 Å². The first-order chi connectivity index (χ1) is 12.5. The number of halogens is 1. The average Bonchev–Trinajstić information content (AvgIpc) is 2.64. The molecule has 6 nitrogen and oxygen atoms in total. The minimum absolute atomic E-state index is 0.0471. The standard InChI is InChI=1S/C19H15BrO6/c1-23-14-3-5-15(6-4-14)24-11-19(22)25-10-12-8-18(21)26-17-9-13(20)2-7-16(12)17/h2-9H,10-11H2,1H3. The Morgan fingerprint density at radius 3 is 2.54 bits per heavy atom. The summed E-state index contributed by atoms with van der Waals surface area (Å²) >= 11 is 3.32. The lowest BCUT2D eigenvalue weighted by atomic mass is 10.1. The first-order valence-corrected chi connectivity index (χ1v) is 8.49. The Morgan fingerprint density at radius 1 is 1.08 bits per heavy atom. The second-order valence-electron chi connectivity index (χ2n) is 5.36. The van der Waals surface area contributed by atoms with Gasteiger partial charge in [0.1, 0.15) is 23.7 Å². The van der Waals surface area contributed by atoms with Gasteiger partial charge in [0.05, 0.1) is 7.11 Å². The number of fused-ring (bicyclic) bond motifs is 1. The number of hydrogen-bond donors (Lipinski definition) is 0. The van der Waals surface area contributed by atoms with E-state index >= 15 is 0 Å². The van der Waals surface area contributed by atoms with Crippen molar-refractivity contribution in [2.45, 2.75) is 6.61 Å². The van der Waals surface area contributed by atoms with E-state index in [1.54, 1.807) is 43.5 Å². The molecule has 1 aromatic heterocycles. The number of hydrogen-bond acceptors (Lipinski definition) is 6. The summed E-state index contributed by atoms with van der Waals surface area (Å²) in [5, 5.41) is 0.705. The van der Waals surface area contributed by atoms with Crippen LogP contribution in [0.3, 0.4) is 0 Å². The van der Waals surface area contributed by atoms with Crippen LogP contribution in [0.2, 0.25) is 0 Å². The molecule has 0 atom stereocenters. The molecule has 0 bridgehead atoms. The number of carbonyl (C=O) groups excluding carboxylic acids is 1. The SMILES string of the molecule is COc1ccc(OCC(=O)OCc2cc(=O)oc3cc(Br)ccc23)cc1. The van der Waals surface area contributed by atoms with Gasteiger partial charge in [-0.3, -0.25) is 0 Å². The fourth-order valence-corrected chi connectivity index (χ4v) is 2.68. The third kappa shape index (κ3) is 4.43. The van der Waals surface area contributed by atoms with Crippen LogP contribution in [0, 0.1) is 0 Å². The summed E-state index contributed by atoms with van der Waals surface area (Å²) in [4.78, 5) is 23.6. The summed E-state index contributed by atoms with van der Waals surface area (Å²) in [6.45, 7) is -0.286. The number of benzene rings is 2. The van der Waals surface area contributed by atoms with Gasteiger partial charge in [0.2, 0.25) is 0 Å². The van der Waals surface area contributed by atoms with Crippen molar-refractivity contribution in [2.24, 2.45) is 0 Å². The zero-order chi connectivity index (χ0) is 18.5. The van der Waals surface area contributed by atoms with Crippen LogP contribution in [0.1, 0.15) is 5.56 Å². The second-order valence-corrected chi connectivity index (χ2v) is 6.27. The van der Waals surface area contributed by atoms with Crippen LogP contribution in [0.4, 0.5) is 0 Å². The summed E-state index contributed by atoms with van der Waals surface area (Å²) < 4.78 is 21.6. The number of esters is 1. The highest BCUT2D eigenvalue weighted by atomic mass is 79.9. The largest absolute Gasteiger partial charge is 0.497 e. The molecule has 0 aliphatic heterocycles. The van der Waals surface area contributed by atoms with E-state index in [9.17, 15) is 9.59 Å². The molecule has 1 heterocycles. The molecule has 0 unspecified atom stereocenters. The highest BCUT2D eigenvalue weighted by Gasteiger charge is 2.10. The number of ether oxygens (including phenoxy) is 3. The molecule has 0 fully saturated rings. The van der Waals surface area contributed by atoms with E-state index in [0.717, 1.165) is 4.47 Å². The fourth-order valence-electron chi connectivity index (χ4n) is 2.34. The van der Waals surface area contributed by atoms with Gasteiger partial charge in [0, 0.05) is 21.5 Å². The molecule has 2 aromatic carbocycles. The number of rotatable bonds is 6. The molecule has 0 radical (unpaired) electrons. The van der Waals surface area contributed by atoms with E-state index in [1.807, 2.05) is 6.07 Å². The van der Waals surface area contributed by atoms with Crippen LogP contribution in [0.15, 0.2) is 62.2 Å². The normalized spacial score (nSPS) is 10.5. The summed E-state index contributed by atoms with van der Waals surface area (Å²) in [7, 11) is 1.57. The molecular formula is C19H15BrO6. The second kappa shape index (κ2) is 8.05. The molecule has 0 aliphatic rings. The minimum Gasteiger partial charge on any atom is -0.497 e. The van der Waals surface area contributed by atoms with E-state index in [4.69, 9.17) is 18.6 Å². The average molecular weight is 419 g/mol. The molecule has 3 rings (SSSR count). The zero-order valence-electron chi connectivity index (χ0n) is 13.9. The number of methoxy groups -OCH3 is 1. The first kappa shape index (κ1) is 18.0. The van der Waals surface area contributed by atoms with Gasteiger partial charge >= 0.3 is 11.6 Å². The van der Waals surface area contributed by atoms with Gasteiger partial charge in [-0.1, -0.05) is 15.9 Å². The summed E-state index contributed by atoms with van der Waals surface area (Å²) in [5.74, 6) is 0.680. The van der Waals surface area contributed by atoms with E-state index in [0.29, 0.717) is 28.0 Å². The van der Waals surface area contributed by atoms with Gasteiger partial charge in [0.15, 0.2) is 6.61 Å². The van der Waals surface area contributed by atoms with Crippen molar-refractivity contribution in [2.75, 3.05) is 13.7 Å². The van der Waals surface area contributed by atoms with Gasteiger partial charge in [-0.15, -0.1) is 0 Å². The Morgan fingerprint density at radius 2 is 1.81 bits per heavy atom. The maximum atomic E-state index is 11.9. The molecule has 26 heavy (non-hydrogen) atoms. The minimum atomic E-state index is -0.542. The summed E-state index contributed by atoms with van der Waals surface area (Å²) in [5.41, 5.74) is 0.491. The van der Waals surface area contributed by atoms with Crippen LogP contribution in [0.5, 0.6) is 11.5 Å². The predicted octanol–water partition coefficient (Wildman–Crippen LogP) is 3.69. The van der Waals surface area contributed by atoms with Crippen molar-refractivity contribution in [1.29, 1.82) is 0 Å². The summed E-state index contributed by atoms with van der Waals surface area (Å²) in [6, 6.07) is 13.5. The molecule has 7 heteroatoms. The third-order valence-corrected chi connectivity index (χ3v) is 4.09. The van der Waals surface area contributed by atoms with E-state index < -0.39 is 11.6 Å². The quantitative estimate of drug-likeness (QED) is 0.448. The molecule has 134 valence electrons. The molecule has 0 aliphatic carbocycles. The van der Waals surface area contributed by atoms with Gasteiger partial charge in [-0.25, -0.2) is 9.59 Å². The molecule has 0 N–H and O–H groups in total. The zero-order valence-corrected chi connectivity index (χ0v) is 15.4. The lowest BCUT2D eigenvalue weighted by molar-refractivity contribution is -0.147. The molecule has 0 saturated heterocycles. The predicted molar refractivity (Wildman–Crippen MR) is 98.5 cm³/mol. The Kier molecular flexibility index (Phi) is 5.58. The Bertz CT molecular complexity index is 977. The monoisotopic (exact) mass is 418 g/mol. The number of carbonyl (C=O) groups is 1. The highest BCUT2D eigenvalue weighted by molar-refractivity contribution is 9.10. The van der Waals surface area contributed by atoms with Crippen molar-refractivity contribution in [3.8, 4) is 11.5 Å². The maximum Gasteiger partial charge on any atom is 0.344 e. The smallest absolute Gasteiger partial charge is 0.344 e. The lowest BCUT2D eigenvalue weighted by Gasteiger charge is -2.09. The van der Waals surface area contributed by atoms with Gasteiger partial charge < -0.3 is 18.6 Å². The van der Waals surface area contributed by atoms with Crippen LogP contribution in [0.25, 0.3) is 11.0 Å². The van der Waals surface area contributed by atoms with Gasteiger partial charge in [0.25, 0.3) is 0 Å². The Balaban J connectivity index is 1.62. The van der Waals surface area contributed by atoms with Crippen molar-refractivity contribution < 1.29 is 23.4 Å². The first-order valence-electron chi connectivity index (χ1n) is 7.70. The molecular weight excluding hydrogens is 404 g/mol. The molecule has 0 saturated carbocycles. The summed E-state index contributed by atoms with van der Waals surface area (Å²) in [6.07, 6.45) is 0. The Hall–Kier alpha value is -2.80. The highest BCUT2D eigenvalue weighted by Crippen LogP contribution is 2.22. The lowest BCUT2D eigenvalue weighted by Crippen LogP contribution is -2.15. The van der Waals surface area contributed by atoms with Gasteiger partial charge in [-0.2, -0.15) is 0 Å². The molecule has 0 spiro atoms. The van der Waals surface area contributed by atoms with Crippen molar-refractivity contribution in [1.82, 2.24) is 0 Å². The fraction of sp³-hybridized carbons (Fsp3) is 0.158. The van der Waals surface area contributed by atoms with Crippen LogP contribution < -0.4 is 15.1 Å². The van der Waals surface area contributed by atoms with Crippen molar-refractivity contribution in [3.05, 3.63) is 69.0 Å². The molecule has 3 aromatic rings. The third-order valence-electron chi connectivity index (χ3n) is 3.60. The van der Waals surface area contributed by atoms with Crippen molar-refractivity contribution >= 4 is 32.9 Å². The van der Waals surface area contributed by atoms with Crippen LogP contribution in [-0.4, -0.2) is 19.7 Å². The van der Waals surface area contributed by atoms with Crippen LogP contribution >= 0.6 is 15.9 Å². The molecule has 0 amide bonds. The maximum absolute atomic E-state index is 11.9. The van der Waals surface area contributed by atoms with E-state index in [2.05, 4.69) is 15.9 Å².